The molecule has 4 N–H and O–H groups in total. The molecule has 0 aromatic heterocycles. The zero-order valence-electron chi connectivity index (χ0n) is 28.4. The molecule has 0 unspecified atom stereocenters. The van der Waals surface area contributed by atoms with E-state index in [0.29, 0.717) is 42.6 Å². The summed E-state index contributed by atoms with van der Waals surface area (Å²) in [6.45, 7) is 5.11. The van der Waals surface area contributed by atoms with E-state index in [2.05, 4.69) is 10.6 Å². The van der Waals surface area contributed by atoms with E-state index >= 15 is 0 Å². The standard InChI is InChI=1S/C37H45N4O8P/c1-3-21-38-33(42)28-14-12-27(13-15-28)31-20-24-41(35(44)32-11-8-23-40(32)36(45)49-25-26-9-6-5-7-10-26)37(31,50(46,47)48)30-18-16-29(17-19-30)34(43)39-22-4-2/h5-7,9-10,12-19,31-32H,3-4,8,11,20-25H2,1-2H3,(H,38,42)(H,39,43)(H2,46,47,48)/t31-,32-,37-/m0/s1. The third kappa shape index (κ3) is 7.47. The van der Waals surface area contributed by atoms with Gasteiger partial charge in [-0.05, 0) is 73.1 Å². The molecule has 0 spiro atoms. The van der Waals surface area contributed by atoms with Gasteiger partial charge in [-0.25, -0.2) is 4.79 Å². The van der Waals surface area contributed by atoms with Crippen LogP contribution in [0.3, 0.4) is 0 Å². The Hall–Kier alpha value is -4.51. The molecule has 0 saturated carbocycles. The molecule has 266 valence electrons. The Labute approximate surface area is 292 Å². The summed E-state index contributed by atoms with van der Waals surface area (Å²) >= 11 is 0. The smallest absolute Gasteiger partial charge is 0.410 e. The van der Waals surface area contributed by atoms with Crippen LogP contribution < -0.4 is 10.6 Å². The predicted octanol–water partition coefficient (Wildman–Crippen LogP) is 5.11. The minimum atomic E-state index is -5.25. The Morgan fingerprint density at radius 1 is 0.820 bits per heavy atom. The number of likely N-dealkylation sites (tertiary alicyclic amines) is 2. The first kappa shape index (κ1) is 36.8. The topological polar surface area (TPSA) is 166 Å². The Morgan fingerprint density at radius 2 is 1.40 bits per heavy atom. The fourth-order valence-corrected chi connectivity index (χ4v) is 8.70. The molecule has 0 aliphatic carbocycles. The monoisotopic (exact) mass is 704 g/mol. The molecule has 4 amide bonds. The first-order chi connectivity index (χ1) is 24.0. The average Bonchev–Trinajstić information content (AvgIpc) is 3.79. The average molecular weight is 705 g/mol. The van der Waals surface area contributed by atoms with Gasteiger partial charge in [0.25, 0.3) is 11.8 Å². The highest BCUT2D eigenvalue weighted by Crippen LogP contribution is 2.68. The van der Waals surface area contributed by atoms with Crippen LogP contribution in [0.25, 0.3) is 0 Å². The molecule has 50 heavy (non-hydrogen) atoms. The zero-order chi connectivity index (χ0) is 35.9. The van der Waals surface area contributed by atoms with Crippen molar-refractivity contribution in [2.75, 3.05) is 26.2 Å². The van der Waals surface area contributed by atoms with Crippen molar-refractivity contribution in [2.45, 2.75) is 69.8 Å². The first-order valence-electron chi connectivity index (χ1n) is 17.1. The summed E-state index contributed by atoms with van der Waals surface area (Å²) in [7, 11) is -5.25. The van der Waals surface area contributed by atoms with Gasteiger partial charge in [0.05, 0.1) is 0 Å². The molecule has 2 heterocycles. The van der Waals surface area contributed by atoms with Gasteiger partial charge in [-0.3, -0.25) is 23.8 Å². The van der Waals surface area contributed by atoms with Gasteiger partial charge in [0, 0.05) is 43.2 Å². The second-order valence-corrected chi connectivity index (χ2v) is 14.5. The Bertz CT molecular complexity index is 1710. The molecule has 3 aromatic rings. The second kappa shape index (κ2) is 16.0. The number of carbonyl (C=O) groups is 4. The van der Waals surface area contributed by atoms with Gasteiger partial charge in [0.2, 0.25) is 5.91 Å². The molecule has 13 heteroatoms. The van der Waals surface area contributed by atoms with Gasteiger partial charge in [-0.2, -0.15) is 0 Å². The molecule has 2 saturated heterocycles. The van der Waals surface area contributed by atoms with Gasteiger partial charge in [-0.1, -0.05) is 68.4 Å². The zero-order valence-corrected chi connectivity index (χ0v) is 29.3. The quantitative estimate of drug-likeness (QED) is 0.189. The third-order valence-electron chi connectivity index (χ3n) is 9.44. The normalized spacial score (nSPS) is 20.4. The van der Waals surface area contributed by atoms with Crippen LogP contribution in [0, 0.1) is 0 Å². The molecule has 2 aliphatic heterocycles. The van der Waals surface area contributed by atoms with E-state index in [1.807, 2.05) is 44.2 Å². The summed E-state index contributed by atoms with van der Waals surface area (Å²) in [6.07, 6.45) is 1.84. The number of nitrogens with one attached hydrogen (secondary N) is 2. The number of amides is 4. The van der Waals surface area contributed by atoms with E-state index < -0.39 is 36.8 Å². The van der Waals surface area contributed by atoms with E-state index in [-0.39, 0.29) is 43.5 Å². The lowest BCUT2D eigenvalue weighted by Gasteiger charge is -2.44. The highest BCUT2D eigenvalue weighted by molar-refractivity contribution is 7.53. The number of nitrogens with zero attached hydrogens (tertiary/aromatic N) is 2. The number of hydrogen-bond acceptors (Lipinski definition) is 6. The fourth-order valence-electron chi connectivity index (χ4n) is 7.02. The molecule has 5 rings (SSSR count). The minimum Gasteiger partial charge on any atom is -0.445 e. The van der Waals surface area contributed by atoms with Crippen LogP contribution in [0.1, 0.15) is 89.3 Å². The van der Waals surface area contributed by atoms with Crippen LogP contribution in [0.15, 0.2) is 78.9 Å². The molecule has 12 nitrogen and oxygen atoms in total. The van der Waals surface area contributed by atoms with E-state index in [1.165, 1.54) is 34.1 Å². The molecule has 0 radical (unpaired) electrons. The van der Waals surface area contributed by atoms with Crippen LogP contribution >= 0.6 is 7.60 Å². The van der Waals surface area contributed by atoms with Crippen molar-refractivity contribution in [3.8, 4) is 0 Å². The largest absolute Gasteiger partial charge is 0.445 e. The number of hydrogen-bond donors (Lipinski definition) is 4. The van der Waals surface area contributed by atoms with Gasteiger partial charge >= 0.3 is 13.7 Å². The highest BCUT2D eigenvalue weighted by Gasteiger charge is 2.64. The van der Waals surface area contributed by atoms with Crippen LogP contribution in [-0.4, -0.2) is 75.6 Å². The summed E-state index contributed by atoms with van der Waals surface area (Å²) in [5.41, 5.74) is 2.18. The number of ether oxygens (including phenoxy) is 1. The van der Waals surface area contributed by atoms with Crippen molar-refractivity contribution in [3.05, 3.63) is 107 Å². The van der Waals surface area contributed by atoms with Gasteiger partial charge in [0.1, 0.15) is 12.6 Å². The molecular weight excluding hydrogens is 659 g/mol. The van der Waals surface area contributed by atoms with Gasteiger partial charge in [-0.15, -0.1) is 0 Å². The minimum absolute atomic E-state index is 0.00448. The Balaban J connectivity index is 1.53. The molecular formula is C37H45N4O8P. The van der Waals surface area contributed by atoms with E-state index in [0.717, 1.165) is 18.4 Å². The number of carbonyl (C=O) groups excluding carboxylic acids is 4. The lowest BCUT2D eigenvalue weighted by atomic mass is 9.85. The lowest BCUT2D eigenvalue weighted by Crippen LogP contribution is -2.54. The summed E-state index contributed by atoms with van der Waals surface area (Å²) in [5, 5.41) is 3.45. The number of benzene rings is 3. The summed E-state index contributed by atoms with van der Waals surface area (Å²) < 4.78 is 19.6. The van der Waals surface area contributed by atoms with E-state index in [1.54, 1.807) is 24.3 Å². The van der Waals surface area contributed by atoms with Crippen LogP contribution in [0.5, 0.6) is 0 Å². The maximum Gasteiger partial charge on any atom is 0.410 e. The van der Waals surface area contributed by atoms with Crippen molar-refractivity contribution < 1.29 is 38.3 Å². The van der Waals surface area contributed by atoms with Crippen molar-refractivity contribution >= 4 is 31.4 Å². The Morgan fingerprint density at radius 3 is 1.96 bits per heavy atom. The fraction of sp³-hybridized carbons (Fsp3) is 0.405. The first-order valence-corrected chi connectivity index (χ1v) is 18.8. The highest BCUT2D eigenvalue weighted by atomic mass is 31.2. The number of rotatable bonds is 12. The second-order valence-electron chi connectivity index (χ2n) is 12.7. The molecule has 2 fully saturated rings. The van der Waals surface area contributed by atoms with Crippen molar-refractivity contribution in [1.82, 2.24) is 20.4 Å². The maximum atomic E-state index is 14.6. The van der Waals surface area contributed by atoms with E-state index in [9.17, 15) is 33.5 Å². The summed E-state index contributed by atoms with van der Waals surface area (Å²) in [6, 6.07) is 20.7. The molecule has 0 bridgehead atoms. The van der Waals surface area contributed by atoms with Crippen molar-refractivity contribution in [1.29, 1.82) is 0 Å². The predicted molar refractivity (Wildman–Crippen MR) is 187 cm³/mol. The van der Waals surface area contributed by atoms with Crippen LogP contribution in [0.2, 0.25) is 0 Å². The lowest BCUT2D eigenvalue weighted by molar-refractivity contribution is -0.138. The van der Waals surface area contributed by atoms with Crippen LogP contribution in [-0.2, 0) is 26.0 Å². The van der Waals surface area contributed by atoms with Crippen molar-refractivity contribution in [3.63, 3.8) is 0 Å². The summed E-state index contributed by atoms with van der Waals surface area (Å²) in [5.74, 6) is -2.07. The SMILES string of the molecule is CCCNC(=O)c1ccc([C@@H]2CCN(C(=O)[C@@H]3CCCN3C(=O)OCc3ccccc3)[C@@]2(c2ccc(C(=O)NCCC)cc2)P(=O)(O)O)cc1. The van der Waals surface area contributed by atoms with Crippen LogP contribution in [0.4, 0.5) is 4.79 Å². The maximum absolute atomic E-state index is 14.6. The van der Waals surface area contributed by atoms with Crippen molar-refractivity contribution in [2.24, 2.45) is 0 Å². The summed E-state index contributed by atoms with van der Waals surface area (Å²) in [4.78, 5) is 78.7. The third-order valence-corrected chi connectivity index (χ3v) is 11.1. The Kier molecular flexibility index (Phi) is 11.8. The molecule has 3 atom stereocenters. The van der Waals surface area contributed by atoms with Gasteiger partial charge < -0.3 is 30.1 Å². The molecule has 3 aromatic carbocycles. The van der Waals surface area contributed by atoms with Gasteiger partial charge in [0.15, 0.2) is 5.28 Å². The van der Waals surface area contributed by atoms with E-state index in [4.69, 9.17) is 4.74 Å². The molecule has 2 aliphatic rings.